The van der Waals surface area contributed by atoms with E-state index in [1.54, 1.807) is 0 Å². The van der Waals surface area contributed by atoms with E-state index >= 15 is 0 Å². The second kappa shape index (κ2) is 6.68. The number of rotatable bonds is 6. The summed E-state index contributed by atoms with van der Waals surface area (Å²) < 4.78 is 28.3. The molecule has 1 aliphatic rings. The molecule has 1 N–H and O–H groups in total. The molecule has 2 atom stereocenters. The molecule has 1 aliphatic heterocycles. The van der Waals surface area contributed by atoms with Crippen molar-refractivity contribution in [2.45, 2.75) is 24.7 Å². The number of ether oxygens (including phenoxy) is 1. The van der Waals surface area contributed by atoms with Crippen LogP contribution < -0.4 is 0 Å². The van der Waals surface area contributed by atoms with Gasteiger partial charge in [0.15, 0.2) is 15.3 Å². The van der Waals surface area contributed by atoms with Crippen LogP contribution in [-0.4, -0.2) is 63.5 Å². The summed E-state index contributed by atoms with van der Waals surface area (Å²) >= 11 is 0. The maximum Gasteiger partial charge on any atom is 0.174 e. The van der Waals surface area contributed by atoms with Gasteiger partial charge in [-0.15, -0.1) is 0 Å². The molecule has 1 rings (SSSR count). The SMILES string of the molecule is CN1CCCC(COC(CCO)S(C)(=O)=O)C1. The number of hydrogen-bond donors (Lipinski definition) is 1. The normalized spacial score (nSPS) is 24.8. The third-order valence-electron chi connectivity index (χ3n) is 3.08. The molecular formula is C11H23NO4S. The summed E-state index contributed by atoms with van der Waals surface area (Å²) in [5.41, 5.74) is -0.861. The summed E-state index contributed by atoms with van der Waals surface area (Å²) in [6, 6.07) is 0. The van der Waals surface area contributed by atoms with Gasteiger partial charge in [0.25, 0.3) is 0 Å². The van der Waals surface area contributed by atoms with Crippen molar-refractivity contribution in [2.24, 2.45) is 5.92 Å². The topological polar surface area (TPSA) is 66.8 Å². The summed E-state index contributed by atoms with van der Waals surface area (Å²) in [6.45, 7) is 2.35. The van der Waals surface area contributed by atoms with Gasteiger partial charge in [-0.3, -0.25) is 0 Å². The smallest absolute Gasteiger partial charge is 0.174 e. The van der Waals surface area contributed by atoms with Gasteiger partial charge in [0, 0.05) is 25.8 Å². The summed E-state index contributed by atoms with van der Waals surface area (Å²) in [5.74, 6) is 0.400. The molecule has 0 bridgehead atoms. The van der Waals surface area contributed by atoms with Gasteiger partial charge in [0.2, 0.25) is 0 Å². The molecule has 0 amide bonds. The van der Waals surface area contributed by atoms with Gasteiger partial charge in [-0.25, -0.2) is 8.42 Å². The van der Waals surface area contributed by atoms with Crippen LogP contribution in [0.5, 0.6) is 0 Å². The van der Waals surface area contributed by atoms with E-state index in [1.165, 1.54) is 0 Å². The Bertz CT molecular complexity index is 317. The van der Waals surface area contributed by atoms with Crippen LogP contribution in [0.1, 0.15) is 19.3 Å². The minimum atomic E-state index is -3.24. The lowest BCUT2D eigenvalue weighted by Crippen LogP contribution is -2.36. The highest BCUT2D eigenvalue weighted by Crippen LogP contribution is 2.17. The van der Waals surface area contributed by atoms with Crippen LogP contribution in [0.25, 0.3) is 0 Å². The van der Waals surface area contributed by atoms with E-state index in [0.29, 0.717) is 12.5 Å². The number of piperidine rings is 1. The molecule has 0 radical (unpaired) electrons. The zero-order valence-corrected chi connectivity index (χ0v) is 11.4. The van der Waals surface area contributed by atoms with Gasteiger partial charge in [-0.2, -0.15) is 0 Å². The summed E-state index contributed by atoms with van der Waals surface area (Å²) in [7, 11) is -1.17. The zero-order valence-electron chi connectivity index (χ0n) is 10.6. The fraction of sp³-hybridized carbons (Fsp3) is 1.00. The molecule has 0 aromatic carbocycles. The lowest BCUT2D eigenvalue weighted by molar-refractivity contribution is 0.0388. The lowest BCUT2D eigenvalue weighted by Gasteiger charge is -2.30. The van der Waals surface area contributed by atoms with Gasteiger partial charge < -0.3 is 14.7 Å². The average molecular weight is 265 g/mol. The van der Waals surface area contributed by atoms with Crippen LogP contribution in [0, 0.1) is 5.92 Å². The Morgan fingerprint density at radius 2 is 2.24 bits per heavy atom. The Morgan fingerprint density at radius 3 is 2.76 bits per heavy atom. The molecule has 0 aromatic heterocycles. The first-order valence-corrected chi connectivity index (χ1v) is 7.99. The summed E-state index contributed by atoms with van der Waals surface area (Å²) in [6.07, 6.45) is 3.52. The summed E-state index contributed by atoms with van der Waals surface area (Å²) in [5, 5.41) is 8.83. The third-order valence-corrected chi connectivity index (χ3v) is 4.41. The Labute approximate surface area is 104 Å². The molecule has 0 saturated carbocycles. The first kappa shape index (κ1) is 14.9. The number of aliphatic hydroxyl groups excluding tert-OH is 1. The number of likely N-dealkylation sites (tertiary alicyclic amines) is 1. The maximum absolute atomic E-state index is 11.4. The van der Waals surface area contributed by atoms with Crippen LogP contribution in [0.3, 0.4) is 0 Å². The quantitative estimate of drug-likeness (QED) is 0.737. The Morgan fingerprint density at radius 1 is 1.53 bits per heavy atom. The average Bonchev–Trinajstić information content (AvgIpc) is 2.22. The van der Waals surface area contributed by atoms with Crippen molar-refractivity contribution in [3.8, 4) is 0 Å². The second-order valence-corrected chi connectivity index (χ2v) is 7.06. The van der Waals surface area contributed by atoms with E-state index in [1.807, 2.05) is 0 Å². The van der Waals surface area contributed by atoms with Crippen molar-refractivity contribution in [3.63, 3.8) is 0 Å². The van der Waals surface area contributed by atoms with Crippen LogP contribution >= 0.6 is 0 Å². The maximum atomic E-state index is 11.4. The van der Waals surface area contributed by atoms with Crippen molar-refractivity contribution in [1.82, 2.24) is 4.90 Å². The minimum Gasteiger partial charge on any atom is -0.396 e. The van der Waals surface area contributed by atoms with Crippen molar-refractivity contribution >= 4 is 9.84 Å². The highest BCUT2D eigenvalue weighted by molar-refractivity contribution is 7.91. The zero-order chi connectivity index (χ0) is 12.9. The van der Waals surface area contributed by atoms with Crippen molar-refractivity contribution in [2.75, 3.05) is 39.6 Å². The fourth-order valence-electron chi connectivity index (χ4n) is 2.18. The van der Waals surface area contributed by atoms with E-state index < -0.39 is 15.3 Å². The number of hydrogen-bond acceptors (Lipinski definition) is 5. The van der Waals surface area contributed by atoms with Gasteiger partial charge >= 0.3 is 0 Å². The molecule has 1 heterocycles. The first-order chi connectivity index (χ1) is 7.93. The number of aliphatic hydroxyl groups is 1. The number of sulfone groups is 1. The van der Waals surface area contributed by atoms with E-state index in [4.69, 9.17) is 9.84 Å². The van der Waals surface area contributed by atoms with E-state index in [0.717, 1.165) is 32.2 Å². The minimum absolute atomic E-state index is 0.154. The molecule has 1 fully saturated rings. The van der Waals surface area contributed by atoms with Gasteiger partial charge in [0.05, 0.1) is 6.61 Å². The molecule has 0 spiro atoms. The van der Waals surface area contributed by atoms with Gasteiger partial charge in [-0.05, 0) is 32.4 Å². The van der Waals surface area contributed by atoms with Crippen LogP contribution in [0.4, 0.5) is 0 Å². The van der Waals surface area contributed by atoms with Crippen LogP contribution in [0.2, 0.25) is 0 Å². The molecule has 17 heavy (non-hydrogen) atoms. The van der Waals surface area contributed by atoms with Gasteiger partial charge in [0.1, 0.15) is 0 Å². The molecule has 5 nitrogen and oxygen atoms in total. The largest absolute Gasteiger partial charge is 0.396 e. The van der Waals surface area contributed by atoms with Gasteiger partial charge in [-0.1, -0.05) is 0 Å². The lowest BCUT2D eigenvalue weighted by atomic mass is 10.00. The predicted octanol–water partition coefficient (Wildman–Crippen LogP) is 0.0979. The highest BCUT2D eigenvalue weighted by Gasteiger charge is 2.24. The fourth-order valence-corrected chi connectivity index (χ4v) is 3.04. The molecule has 6 heteroatoms. The Balaban J connectivity index is 2.41. The van der Waals surface area contributed by atoms with E-state index in [-0.39, 0.29) is 13.0 Å². The third kappa shape index (κ3) is 5.33. The van der Waals surface area contributed by atoms with Crippen LogP contribution in [0.15, 0.2) is 0 Å². The van der Waals surface area contributed by atoms with Crippen molar-refractivity contribution < 1.29 is 18.3 Å². The van der Waals surface area contributed by atoms with Crippen LogP contribution in [-0.2, 0) is 14.6 Å². The molecule has 102 valence electrons. The molecule has 1 saturated heterocycles. The predicted molar refractivity (Wildman–Crippen MR) is 66.5 cm³/mol. The molecule has 2 unspecified atom stereocenters. The second-order valence-electron chi connectivity index (χ2n) is 4.88. The molecule has 0 aromatic rings. The molecule has 0 aliphatic carbocycles. The Kier molecular flexibility index (Phi) is 5.85. The van der Waals surface area contributed by atoms with Crippen molar-refractivity contribution in [1.29, 1.82) is 0 Å². The number of nitrogens with zero attached hydrogens (tertiary/aromatic N) is 1. The van der Waals surface area contributed by atoms with E-state index in [9.17, 15) is 8.42 Å². The first-order valence-electron chi connectivity index (χ1n) is 6.03. The summed E-state index contributed by atoms with van der Waals surface area (Å²) in [4.78, 5) is 2.24. The van der Waals surface area contributed by atoms with Crippen molar-refractivity contribution in [3.05, 3.63) is 0 Å². The van der Waals surface area contributed by atoms with E-state index in [2.05, 4.69) is 11.9 Å². The molecular weight excluding hydrogens is 242 g/mol. The monoisotopic (exact) mass is 265 g/mol. The standard InChI is InChI=1S/C11H23NO4S/c1-12-6-3-4-10(8-12)9-16-11(5-7-13)17(2,14)15/h10-11,13H,3-9H2,1-2H3. The Hall–Kier alpha value is -0.170. The highest BCUT2D eigenvalue weighted by atomic mass is 32.2.